The molecule has 11 heteroatoms. The van der Waals surface area contributed by atoms with Crippen LogP contribution in [0, 0.1) is 19.3 Å². The van der Waals surface area contributed by atoms with Crippen LogP contribution in [0.3, 0.4) is 0 Å². The van der Waals surface area contributed by atoms with Crippen LogP contribution in [0.4, 0.5) is 11.5 Å². The van der Waals surface area contributed by atoms with E-state index in [9.17, 15) is 9.59 Å². The van der Waals surface area contributed by atoms with Gasteiger partial charge in [-0.1, -0.05) is 29.7 Å². The van der Waals surface area contributed by atoms with Gasteiger partial charge in [0.05, 0.1) is 29.3 Å². The summed E-state index contributed by atoms with van der Waals surface area (Å²) < 4.78 is 1.51. The van der Waals surface area contributed by atoms with Crippen molar-refractivity contribution in [1.29, 1.82) is 0 Å². The van der Waals surface area contributed by atoms with Gasteiger partial charge in [-0.05, 0) is 18.6 Å². The Morgan fingerprint density at radius 1 is 1.27 bits per heavy atom. The summed E-state index contributed by atoms with van der Waals surface area (Å²) >= 11 is 6.51. The Hall–Kier alpha value is -4.23. The number of para-hydroxylation sites is 1. The Morgan fingerprint density at radius 2 is 2.12 bits per heavy atom. The number of halogens is 1. The van der Waals surface area contributed by atoms with Crippen molar-refractivity contribution in [3.05, 3.63) is 52.7 Å². The molecule has 0 unspecified atom stereocenters. The van der Waals surface area contributed by atoms with Gasteiger partial charge < -0.3 is 10.3 Å². The van der Waals surface area contributed by atoms with E-state index in [1.54, 1.807) is 19.1 Å². The summed E-state index contributed by atoms with van der Waals surface area (Å²) in [7, 11) is 0. The van der Waals surface area contributed by atoms with Gasteiger partial charge in [-0.15, -0.1) is 6.42 Å². The maximum absolute atomic E-state index is 14.0. The second kappa shape index (κ2) is 6.63. The number of aromatic nitrogens is 6. The number of carbonyl (C=O) groups excluding carboxylic acids is 2. The van der Waals surface area contributed by atoms with Crippen molar-refractivity contribution in [2.24, 2.45) is 0 Å². The van der Waals surface area contributed by atoms with Crippen molar-refractivity contribution in [2.75, 3.05) is 16.8 Å². The Morgan fingerprint density at radius 3 is 2.94 bits per heavy atom. The average molecular weight is 459 g/mol. The monoisotopic (exact) mass is 458 g/mol. The van der Waals surface area contributed by atoms with Gasteiger partial charge in [0.25, 0.3) is 0 Å². The number of anilines is 2. The number of nitrogens with zero attached hydrogens (tertiary/aromatic N) is 6. The number of nitrogens with one attached hydrogen (secondary N) is 2. The highest BCUT2D eigenvalue weighted by Crippen LogP contribution is 2.55. The molecule has 5 heterocycles. The number of fused-ring (bicyclic) bond motifs is 5. The highest BCUT2D eigenvalue weighted by Gasteiger charge is 2.58. The molecule has 0 saturated carbocycles. The Bertz CT molecular complexity index is 1550. The molecule has 0 fully saturated rings. The summed E-state index contributed by atoms with van der Waals surface area (Å²) in [5.41, 5.74) is 1.99. The Kier molecular flexibility index (Phi) is 3.91. The first kappa shape index (κ1) is 19.5. The van der Waals surface area contributed by atoms with Crippen LogP contribution in [0.5, 0.6) is 0 Å². The van der Waals surface area contributed by atoms with E-state index < -0.39 is 5.41 Å². The first-order chi connectivity index (χ1) is 16.0. The lowest BCUT2D eigenvalue weighted by Crippen LogP contribution is -2.47. The predicted molar refractivity (Wildman–Crippen MR) is 120 cm³/mol. The number of carbonyl (C=O) groups is 2. The molecular weight excluding hydrogens is 444 g/mol. The van der Waals surface area contributed by atoms with Crippen molar-refractivity contribution >= 4 is 46.1 Å². The molecule has 2 aliphatic rings. The average Bonchev–Trinajstić information content (AvgIpc) is 3.46. The number of aryl methyl sites for hydroxylation is 1. The van der Waals surface area contributed by atoms with E-state index in [-0.39, 0.29) is 24.8 Å². The van der Waals surface area contributed by atoms with Crippen LogP contribution in [-0.4, -0.2) is 48.1 Å². The molecule has 0 aliphatic carbocycles. The molecule has 2 aliphatic heterocycles. The van der Waals surface area contributed by atoms with Crippen LogP contribution < -0.4 is 10.2 Å². The maximum atomic E-state index is 14.0. The first-order valence-electron chi connectivity index (χ1n) is 10.1. The quantitative estimate of drug-likeness (QED) is 0.444. The number of hydrogen-bond donors (Lipinski definition) is 2. The fourth-order valence-corrected chi connectivity index (χ4v) is 5.24. The van der Waals surface area contributed by atoms with Gasteiger partial charge in [-0.25, -0.2) is 15.0 Å². The van der Waals surface area contributed by atoms with Crippen molar-refractivity contribution < 1.29 is 9.59 Å². The molecule has 3 aromatic heterocycles. The molecule has 162 valence electrons. The molecule has 4 aromatic rings. The van der Waals surface area contributed by atoms with Gasteiger partial charge in [-0.2, -0.15) is 9.78 Å². The summed E-state index contributed by atoms with van der Waals surface area (Å²) in [6.45, 7) is 1.82. The molecule has 10 nitrogen and oxygen atoms in total. The summed E-state index contributed by atoms with van der Waals surface area (Å²) in [5, 5.41) is 7.95. The van der Waals surface area contributed by atoms with Crippen LogP contribution in [0.25, 0.3) is 17.0 Å². The summed E-state index contributed by atoms with van der Waals surface area (Å²) in [4.78, 5) is 44.2. The van der Waals surface area contributed by atoms with E-state index in [1.807, 2.05) is 6.07 Å². The molecule has 0 bridgehead atoms. The second-order valence-electron chi connectivity index (χ2n) is 7.88. The minimum absolute atomic E-state index is 0.0299. The number of terminal acetylenes is 1. The van der Waals surface area contributed by atoms with Crippen LogP contribution in [0.1, 0.15) is 23.2 Å². The van der Waals surface area contributed by atoms with Crippen LogP contribution >= 0.6 is 11.6 Å². The third-order valence-electron chi connectivity index (χ3n) is 6.15. The largest absolute Gasteiger partial charge is 0.340 e. The van der Waals surface area contributed by atoms with E-state index in [4.69, 9.17) is 18.0 Å². The van der Waals surface area contributed by atoms with E-state index in [1.165, 1.54) is 22.2 Å². The number of amides is 2. The zero-order valence-corrected chi connectivity index (χ0v) is 18.0. The standard InChI is InChI=1S/C22H15ClN8O2/c1-3-7-30-17-12(5-4-6-13(17)23)22(21(30)33)8-14(32)28-19-15(22)11(2)29-31(19)20-16-18(25-9-24-16)26-10-27-20/h1,4-6,9-10H,7-8H2,2H3,(H,28,32)(H,24,25,26,27)/t22-/m1/s1. The van der Waals surface area contributed by atoms with Gasteiger partial charge in [0.15, 0.2) is 11.5 Å². The molecule has 1 spiro atoms. The third kappa shape index (κ3) is 2.39. The Balaban J connectivity index is 1.68. The lowest BCUT2D eigenvalue weighted by molar-refractivity contribution is -0.126. The number of aromatic amines is 1. The van der Waals surface area contributed by atoms with Crippen LogP contribution in [0.2, 0.25) is 5.02 Å². The molecule has 1 atom stereocenters. The molecular formula is C22H15ClN8O2. The fourth-order valence-electron chi connectivity index (χ4n) is 4.96. The van der Waals surface area contributed by atoms with Gasteiger partial charge in [0, 0.05) is 12.0 Å². The van der Waals surface area contributed by atoms with Crippen molar-refractivity contribution in [2.45, 2.75) is 18.8 Å². The van der Waals surface area contributed by atoms with E-state index in [0.717, 1.165) is 0 Å². The van der Waals surface area contributed by atoms with Crippen molar-refractivity contribution in [3.8, 4) is 18.2 Å². The van der Waals surface area contributed by atoms with Gasteiger partial charge in [0.1, 0.15) is 23.1 Å². The van der Waals surface area contributed by atoms with Gasteiger partial charge in [-0.3, -0.25) is 14.5 Å². The number of H-pyrrole nitrogens is 1. The molecule has 0 radical (unpaired) electrons. The second-order valence-corrected chi connectivity index (χ2v) is 8.29. The predicted octanol–water partition coefficient (Wildman–Crippen LogP) is 2.11. The zero-order valence-electron chi connectivity index (χ0n) is 17.3. The lowest BCUT2D eigenvalue weighted by atomic mass is 9.70. The number of rotatable bonds is 2. The molecule has 1 aromatic carbocycles. The number of benzene rings is 1. The van der Waals surface area contributed by atoms with Crippen LogP contribution in [0.15, 0.2) is 30.9 Å². The maximum Gasteiger partial charge on any atom is 0.243 e. The highest BCUT2D eigenvalue weighted by molar-refractivity contribution is 6.35. The normalized spacial score (nSPS) is 19.0. The topological polar surface area (TPSA) is 122 Å². The Labute approximate surface area is 192 Å². The van der Waals surface area contributed by atoms with E-state index >= 15 is 0 Å². The van der Waals surface area contributed by atoms with Gasteiger partial charge >= 0.3 is 0 Å². The van der Waals surface area contributed by atoms with E-state index in [0.29, 0.717) is 50.3 Å². The molecule has 2 amide bonds. The molecule has 0 saturated heterocycles. The lowest BCUT2D eigenvalue weighted by Gasteiger charge is -2.33. The van der Waals surface area contributed by atoms with Crippen molar-refractivity contribution in [3.63, 3.8) is 0 Å². The molecule has 33 heavy (non-hydrogen) atoms. The van der Waals surface area contributed by atoms with E-state index in [2.05, 4.69) is 36.3 Å². The minimum atomic E-state index is -1.31. The highest BCUT2D eigenvalue weighted by atomic mass is 35.5. The first-order valence-corrected chi connectivity index (χ1v) is 10.4. The van der Waals surface area contributed by atoms with Crippen molar-refractivity contribution in [1.82, 2.24) is 29.7 Å². The smallest absolute Gasteiger partial charge is 0.243 e. The number of hydrogen-bond acceptors (Lipinski definition) is 6. The fraction of sp³-hybridized carbons (Fsp3) is 0.182. The molecule has 2 N–H and O–H groups in total. The summed E-state index contributed by atoms with van der Waals surface area (Å²) in [6.07, 6.45) is 8.34. The number of imidazole rings is 1. The van der Waals surface area contributed by atoms with Crippen LogP contribution in [-0.2, 0) is 15.0 Å². The van der Waals surface area contributed by atoms with Gasteiger partial charge in [0.2, 0.25) is 11.8 Å². The molecule has 6 rings (SSSR count). The summed E-state index contributed by atoms with van der Waals surface area (Å²) in [5.74, 6) is 2.64. The summed E-state index contributed by atoms with van der Waals surface area (Å²) in [6, 6.07) is 5.28. The SMILES string of the molecule is C#CCN1C(=O)[C@]2(CC(=O)Nc3c2c(C)nn3-c2ncnc3nc[nH]c23)c2cccc(Cl)c21. The third-order valence-corrected chi connectivity index (χ3v) is 6.46. The zero-order chi connectivity index (χ0) is 22.9. The minimum Gasteiger partial charge on any atom is -0.340 e.